The van der Waals surface area contributed by atoms with Gasteiger partial charge in [-0.2, -0.15) is 0 Å². The maximum absolute atomic E-state index is 11.9. The summed E-state index contributed by atoms with van der Waals surface area (Å²) in [6.07, 6.45) is 1.98. The Kier molecular flexibility index (Phi) is 1.97. The second kappa shape index (κ2) is 3.03. The van der Waals surface area contributed by atoms with Gasteiger partial charge in [-0.15, -0.1) is 0 Å². The number of fused-ring (bicyclic) bond motifs is 1. The number of carbonyl (C=O) groups excluding carboxylic acids is 2. The highest BCUT2D eigenvalue weighted by atomic mass is 16.2. The molecule has 0 bridgehead atoms. The van der Waals surface area contributed by atoms with Gasteiger partial charge in [0, 0.05) is 18.6 Å². The summed E-state index contributed by atoms with van der Waals surface area (Å²) in [5, 5.41) is 2.83. The van der Waals surface area contributed by atoms with Gasteiger partial charge in [-0.05, 0) is 37.0 Å². The minimum atomic E-state index is -0.413. The van der Waals surface area contributed by atoms with Gasteiger partial charge in [0.1, 0.15) is 0 Å². The summed E-state index contributed by atoms with van der Waals surface area (Å²) < 4.78 is 0. The molecule has 0 aromatic rings. The molecule has 4 nitrogen and oxygen atoms in total. The monoisotopic (exact) mass is 236 g/mol. The predicted molar refractivity (Wildman–Crippen MR) is 63.1 cm³/mol. The first-order valence-electron chi connectivity index (χ1n) is 6.45. The van der Waals surface area contributed by atoms with E-state index in [9.17, 15) is 9.59 Å². The van der Waals surface area contributed by atoms with Crippen LogP contribution in [-0.4, -0.2) is 35.3 Å². The molecule has 1 saturated heterocycles. The molecule has 0 radical (unpaired) electrons. The normalized spacial score (nSPS) is 35.1. The van der Waals surface area contributed by atoms with Crippen LogP contribution in [0.4, 0.5) is 0 Å². The van der Waals surface area contributed by atoms with Crippen molar-refractivity contribution in [3.8, 4) is 0 Å². The molecule has 0 aromatic carbocycles. The third kappa shape index (κ3) is 1.65. The molecule has 2 saturated carbocycles. The number of likely N-dealkylation sites (tertiary alicyclic amines) is 1. The van der Waals surface area contributed by atoms with E-state index in [2.05, 4.69) is 19.2 Å². The van der Waals surface area contributed by atoms with Crippen molar-refractivity contribution in [2.24, 2.45) is 17.3 Å². The number of rotatable bonds is 1. The Hall–Kier alpha value is -1.06. The van der Waals surface area contributed by atoms with Crippen molar-refractivity contribution in [3.05, 3.63) is 0 Å². The fraction of sp³-hybridized carbons (Fsp3) is 0.846. The summed E-state index contributed by atoms with van der Waals surface area (Å²) in [7, 11) is 0. The highest BCUT2D eigenvalue weighted by molar-refractivity contribution is 6.35. The van der Waals surface area contributed by atoms with Crippen molar-refractivity contribution in [2.45, 2.75) is 39.2 Å². The van der Waals surface area contributed by atoms with E-state index in [-0.39, 0.29) is 11.4 Å². The zero-order valence-electron chi connectivity index (χ0n) is 10.7. The molecule has 2 atom stereocenters. The van der Waals surface area contributed by atoms with Gasteiger partial charge >= 0.3 is 11.8 Å². The largest absolute Gasteiger partial charge is 0.343 e. The van der Waals surface area contributed by atoms with Gasteiger partial charge in [0.05, 0.1) is 0 Å². The molecule has 2 aliphatic carbocycles. The molecule has 1 heterocycles. The number of hydrogen-bond donors (Lipinski definition) is 1. The standard InChI is InChI=1S/C13H20N2O2/c1-12(2)8-6-15(7-9(8)12)11(17)10(16)14-13(3)4-5-13/h8-9H,4-7H2,1-3H3,(H,14,16)/t8-,9+. The van der Waals surface area contributed by atoms with Gasteiger partial charge in [0.15, 0.2) is 0 Å². The Morgan fingerprint density at radius 3 is 2.12 bits per heavy atom. The zero-order valence-corrected chi connectivity index (χ0v) is 10.7. The Bertz CT molecular complexity index is 384. The van der Waals surface area contributed by atoms with Crippen LogP contribution in [-0.2, 0) is 9.59 Å². The number of piperidine rings is 1. The molecule has 1 aliphatic heterocycles. The lowest BCUT2D eigenvalue weighted by molar-refractivity contribution is -0.146. The van der Waals surface area contributed by atoms with E-state index in [1.165, 1.54) is 0 Å². The van der Waals surface area contributed by atoms with Crippen molar-refractivity contribution >= 4 is 11.8 Å². The maximum Gasteiger partial charge on any atom is 0.311 e. The maximum atomic E-state index is 11.9. The van der Waals surface area contributed by atoms with Gasteiger partial charge in [0.2, 0.25) is 0 Å². The number of amides is 2. The molecule has 0 spiro atoms. The summed E-state index contributed by atoms with van der Waals surface area (Å²) in [5.74, 6) is 0.469. The minimum Gasteiger partial charge on any atom is -0.343 e. The van der Waals surface area contributed by atoms with Crippen molar-refractivity contribution in [1.82, 2.24) is 10.2 Å². The molecule has 17 heavy (non-hydrogen) atoms. The Balaban J connectivity index is 1.56. The summed E-state index contributed by atoms with van der Waals surface area (Å²) in [6.45, 7) is 8.01. The second-order valence-electron chi connectivity index (χ2n) is 6.76. The van der Waals surface area contributed by atoms with Crippen LogP contribution in [0.15, 0.2) is 0 Å². The van der Waals surface area contributed by atoms with Crippen LogP contribution in [0.1, 0.15) is 33.6 Å². The lowest BCUT2D eigenvalue weighted by Gasteiger charge is -2.22. The molecule has 3 rings (SSSR count). The van der Waals surface area contributed by atoms with E-state index in [1.807, 2.05) is 6.92 Å². The van der Waals surface area contributed by atoms with E-state index in [4.69, 9.17) is 0 Å². The fourth-order valence-electron chi connectivity index (χ4n) is 3.08. The van der Waals surface area contributed by atoms with Crippen LogP contribution in [0.25, 0.3) is 0 Å². The highest BCUT2D eigenvalue weighted by Gasteiger charge is 2.63. The van der Waals surface area contributed by atoms with Crippen LogP contribution < -0.4 is 5.32 Å². The Morgan fingerprint density at radius 2 is 1.65 bits per heavy atom. The molecule has 0 unspecified atom stereocenters. The predicted octanol–water partition coefficient (Wildman–Crippen LogP) is 0.769. The van der Waals surface area contributed by atoms with Gasteiger partial charge in [-0.25, -0.2) is 0 Å². The van der Waals surface area contributed by atoms with Gasteiger partial charge in [-0.1, -0.05) is 13.8 Å². The van der Waals surface area contributed by atoms with Crippen LogP contribution in [0, 0.1) is 17.3 Å². The first-order chi connectivity index (χ1) is 7.83. The number of carbonyl (C=O) groups is 2. The Labute approximate surface area is 102 Å². The highest BCUT2D eigenvalue weighted by Crippen LogP contribution is 2.61. The van der Waals surface area contributed by atoms with Crippen LogP contribution in [0.2, 0.25) is 0 Å². The molecular weight excluding hydrogens is 216 g/mol. The van der Waals surface area contributed by atoms with Gasteiger partial charge < -0.3 is 10.2 Å². The van der Waals surface area contributed by atoms with E-state index < -0.39 is 5.91 Å². The first kappa shape index (κ1) is 11.1. The molecule has 3 aliphatic rings. The third-order valence-electron chi connectivity index (χ3n) is 5.02. The van der Waals surface area contributed by atoms with Crippen molar-refractivity contribution < 1.29 is 9.59 Å². The smallest absolute Gasteiger partial charge is 0.311 e. The molecule has 94 valence electrons. The SMILES string of the molecule is CC1(NC(=O)C(=O)N2C[C@@H]3[C@H](C2)C3(C)C)CC1. The van der Waals surface area contributed by atoms with E-state index in [0.29, 0.717) is 17.3 Å². The summed E-state index contributed by atoms with van der Waals surface area (Å²) in [5.41, 5.74) is 0.282. The summed E-state index contributed by atoms with van der Waals surface area (Å²) in [6, 6.07) is 0. The second-order valence-corrected chi connectivity index (χ2v) is 6.76. The number of nitrogens with one attached hydrogen (secondary N) is 1. The van der Waals surface area contributed by atoms with Crippen molar-refractivity contribution in [2.75, 3.05) is 13.1 Å². The molecule has 0 aromatic heterocycles. The lowest BCUT2D eigenvalue weighted by atomic mass is 10.1. The molecular formula is C13H20N2O2. The van der Waals surface area contributed by atoms with E-state index in [1.54, 1.807) is 4.90 Å². The van der Waals surface area contributed by atoms with Gasteiger partial charge in [0.25, 0.3) is 0 Å². The van der Waals surface area contributed by atoms with Crippen molar-refractivity contribution in [1.29, 1.82) is 0 Å². The topological polar surface area (TPSA) is 49.4 Å². The van der Waals surface area contributed by atoms with Crippen LogP contribution >= 0.6 is 0 Å². The lowest BCUT2D eigenvalue weighted by Crippen LogP contribution is -2.47. The summed E-state index contributed by atoms with van der Waals surface area (Å²) >= 11 is 0. The van der Waals surface area contributed by atoms with Crippen molar-refractivity contribution in [3.63, 3.8) is 0 Å². The molecule has 4 heteroatoms. The fourth-order valence-corrected chi connectivity index (χ4v) is 3.08. The van der Waals surface area contributed by atoms with Gasteiger partial charge in [-0.3, -0.25) is 9.59 Å². The van der Waals surface area contributed by atoms with Crippen LogP contribution in [0.5, 0.6) is 0 Å². The quantitative estimate of drug-likeness (QED) is 0.684. The zero-order chi connectivity index (χ0) is 12.4. The van der Waals surface area contributed by atoms with E-state index in [0.717, 1.165) is 25.9 Å². The molecule has 2 amide bonds. The summed E-state index contributed by atoms with van der Waals surface area (Å²) in [4.78, 5) is 25.4. The van der Waals surface area contributed by atoms with Crippen LogP contribution in [0.3, 0.4) is 0 Å². The Morgan fingerprint density at radius 1 is 1.12 bits per heavy atom. The minimum absolute atomic E-state index is 0.103. The van der Waals surface area contributed by atoms with E-state index >= 15 is 0 Å². The molecule has 3 fully saturated rings. The third-order valence-corrected chi connectivity index (χ3v) is 5.02. The number of nitrogens with zero attached hydrogens (tertiary/aromatic N) is 1. The number of hydrogen-bond acceptors (Lipinski definition) is 2. The first-order valence-corrected chi connectivity index (χ1v) is 6.45. The average Bonchev–Trinajstić information content (AvgIpc) is 2.97. The molecule has 1 N–H and O–H groups in total. The average molecular weight is 236 g/mol.